The molecule has 2 aromatic rings. The van der Waals surface area contributed by atoms with E-state index in [1.165, 1.54) is 0 Å². The van der Waals surface area contributed by atoms with Crippen molar-refractivity contribution >= 4 is 46.4 Å². The van der Waals surface area contributed by atoms with Gasteiger partial charge in [0.15, 0.2) is 0 Å². The van der Waals surface area contributed by atoms with Gasteiger partial charge in [0.05, 0.1) is 22.3 Å². The van der Waals surface area contributed by atoms with Crippen molar-refractivity contribution in [3.63, 3.8) is 0 Å². The number of anilines is 1. The lowest BCUT2D eigenvalue weighted by Crippen LogP contribution is -2.32. The van der Waals surface area contributed by atoms with E-state index in [-0.39, 0.29) is 18.5 Å². The second-order valence-electron chi connectivity index (χ2n) is 5.26. The minimum absolute atomic E-state index is 0.00355. The van der Waals surface area contributed by atoms with Crippen LogP contribution in [0, 0.1) is 0 Å². The van der Waals surface area contributed by atoms with Crippen LogP contribution >= 0.6 is 34.8 Å². The molecule has 6 heteroatoms. The number of amides is 1. The molecule has 3 nitrogen and oxygen atoms in total. The zero-order valence-electron chi connectivity index (χ0n) is 12.8. The summed E-state index contributed by atoms with van der Waals surface area (Å²) >= 11 is 18.3. The fourth-order valence-corrected chi connectivity index (χ4v) is 3.00. The molecule has 0 heterocycles. The van der Waals surface area contributed by atoms with E-state index in [1.54, 1.807) is 18.2 Å². The van der Waals surface area contributed by atoms with Crippen LogP contribution in [-0.4, -0.2) is 24.4 Å². The predicted molar refractivity (Wildman–Crippen MR) is 97.6 cm³/mol. The number of likely N-dealkylation sites (N-methyl/N-ethyl adjacent to an activating group) is 1. The van der Waals surface area contributed by atoms with Crippen LogP contribution in [0.15, 0.2) is 42.5 Å². The lowest BCUT2D eigenvalue weighted by Gasteiger charge is -2.25. The van der Waals surface area contributed by atoms with Crippen LogP contribution in [0.5, 0.6) is 0 Å². The van der Waals surface area contributed by atoms with Gasteiger partial charge in [-0.1, -0.05) is 59.1 Å². The van der Waals surface area contributed by atoms with Crippen molar-refractivity contribution in [2.24, 2.45) is 0 Å². The van der Waals surface area contributed by atoms with E-state index >= 15 is 0 Å². The average Bonchev–Trinajstić information content (AvgIpc) is 2.51. The third kappa shape index (κ3) is 4.61. The maximum atomic E-state index is 12.2. The molecule has 0 aliphatic rings. The number of rotatable bonds is 5. The molecule has 1 atom stereocenters. The molecule has 0 saturated heterocycles. The van der Waals surface area contributed by atoms with Crippen LogP contribution in [0.25, 0.3) is 0 Å². The fraction of sp³-hybridized carbons (Fsp3) is 0.235. The minimum atomic E-state index is -0.193. The van der Waals surface area contributed by atoms with Gasteiger partial charge in [-0.2, -0.15) is 0 Å². The molecule has 0 aliphatic carbocycles. The van der Waals surface area contributed by atoms with Crippen LogP contribution < -0.4 is 5.32 Å². The van der Waals surface area contributed by atoms with Gasteiger partial charge in [0.2, 0.25) is 5.91 Å². The van der Waals surface area contributed by atoms with Crippen LogP contribution in [-0.2, 0) is 4.79 Å². The monoisotopic (exact) mass is 370 g/mol. The van der Waals surface area contributed by atoms with Gasteiger partial charge >= 0.3 is 0 Å². The first-order valence-corrected chi connectivity index (χ1v) is 8.22. The Morgan fingerprint density at radius 2 is 1.61 bits per heavy atom. The highest BCUT2D eigenvalue weighted by molar-refractivity contribution is 6.39. The highest BCUT2D eigenvalue weighted by Crippen LogP contribution is 2.30. The Kier molecular flexibility index (Phi) is 6.31. The van der Waals surface area contributed by atoms with Crippen LogP contribution in [0.4, 0.5) is 5.69 Å². The van der Waals surface area contributed by atoms with Crippen molar-refractivity contribution in [1.82, 2.24) is 4.90 Å². The number of benzene rings is 2. The molecular formula is C17H17Cl3N2O. The molecule has 2 rings (SSSR count). The second-order valence-corrected chi connectivity index (χ2v) is 6.48. The maximum absolute atomic E-state index is 12.2. The summed E-state index contributed by atoms with van der Waals surface area (Å²) in [5.74, 6) is -0.193. The molecule has 0 fully saturated rings. The van der Waals surface area contributed by atoms with E-state index in [2.05, 4.69) is 5.32 Å². The van der Waals surface area contributed by atoms with E-state index in [0.717, 1.165) is 5.56 Å². The quantitative estimate of drug-likeness (QED) is 0.775. The summed E-state index contributed by atoms with van der Waals surface area (Å²) in [5.41, 5.74) is 1.40. The Bertz CT molecular complexity index is 686. The Balaban J connectivity index is 2.04. The molecule has 0 aromatic heterocycles. The van der Waals surface area contributed by atoms with Crippen LogP contribution in [0.1, 0.15) is 18.5 Å². The molecule has 1 N–H and O–H groups in total. The van der Waals surface area contributed by atoms with Gasteiger partial charge in [-0.05, 0) is 37.7 Å². The van der Waals surface area contributed by atoms with Crippen molar-refractivity contribution < 1.29 is 4.79 Å². The molecule has 0 bridgehead atoms. The Morgan fingerprint density at radius 1 is 1.04 bits per heavy atom. The van der Waals surface area contributed by atoms with Crippen molar-refractivity contribution in [2.75, 3.05) is 18.9 Å². The summed E-state index contributed by atoms with van der Waals surface area (Å²) in [7, 11) is 1.86. The number of nitrogens with one attached hydrogen (secondary N) is 1. The third-order valence-corrected chi connectivity index (χ3v) is 4.61. The number of para-hydroxylation sites is 1. The first-order chi connectivity index (χ1) is 10.9. The Morgan fingerprint density at radius 3 is 2.22 bits per heavy atom. The molecule has 0 saturated carbocycles. The van der Waals surface area contributed by atoms with E-state index < -0.39 is 0 Å². The van der Waals surface area contributed by atoms with E-state index in [9.17, 15) is 4.79 Å². The van der Waals surface area contributed by atoms with E-state index in [4.69, 9.17) is 34.8 Å². The summed E-state index contributed by atoms with van der Waals surface area (Å²) in [6.45, 7) is 2.19. The minimum Gasteiger partial charge on any atom is -0.322 e. The molecule has 1 amide bonds. The van der Waals surface area contributed by atoms with E-state index in [1.807, 2.05) is 43.1 Å². The first kappa shape index (κ1) is 18.1. The van der Waals surface area contributed by atoms with Crippen molar-refractivity contribution in [2.45, 2.75) is 13.0 Å². The largest absolute Gasteiger partial charge is 0.322 e. The zero-order chi connectivity index (χ0) is 17.0. The van der Waals surface area contributed by atoms with Crippen LogP contribution in [0.3, 0.4) is 0 Å². The van der Waals surface area contributed by atoms with Crippen LogP contribution in [0.2, 0.25) is 15.1 Å². The second kappa shape index (κ2) is 8.02. The molecule has 23 heavy (non-hydrogen) atoms. The first-order valence-electron chi connectivity index (χ1n) is 7.08. The summed E-state index contributed by atoms with van der Waals surface area (Å²) < 4.78 is 0. The highest BCUT2D eigenvalue weighted by Gasteiger charge is 2.18. The topological polar surface area (TPSA) is 32.3 Å². The zero-order valence-corrected chi connectivity index (χ0v) is 15.1. The number of carbonyl (C=O) groups excluding carboxylic acids is 1. The van der Waals surface area contributed by atoms with Gasteiger partial charge in [-0.3, -0.25) is 9.69 Å². The predicted octanol–water partition coefficient (Wildman–Crippen LogP) is 5.28. The molecule has 0 unspecified atom stereocenters. The van der Waals surface area contributed by atoms with Crippen molar-refractivity contribution in [3.05, 3.63) is 63.1 Å². The number of hydrogen-bond donors (Lipinski definition) is 1. The smallest absolute Gasteiger partial charge is 0.238 e. The lowest BCUT2D eigenvalue weighted by atomic mass is 10.1. The number of halogens is 3. The maximum Gasteiger partial charge on any atom is 0.238 e. The molecule has 2 aromatic carbocycles. The SMILES string of the molecule is C[C@@H](c1ccccc1Cl)N(C)CC(=O)Nc1c(Cl)cccc1Cl. The highest BCUT2D eigenvalue weighted by atomic mass is 35.5. The lowest BCUT2D eigenvalue weighted by molar-refractivity contribution is -0.117. The molecule has 0 spiro atoms. The van der Waals surface area contributed by atoms with Gasteiger partial charge < -0.3 is 5.32 Å². The standard InChI is InChI=1S/C17H17Cl3N2O/c1-11(12-6-3-4-7-13(12)18)22(2)10-16(23)21-17-14(19)8-5-9-15(17)20/h3-9,11H,10H2,1-2H3,(H,21,23)/t11-/m0/s1. The molecular weight excluding hydrogens is 355 g/mol. The Hall–Kier alpha value is -1.26. The fourth-order valence-electron chi connectivity index (χ4n) is 2.21. The van der Waals surface area contributed by atoms with Crippen molar-refractivity contribution in [1.29, 1.82) is 0 Å². The number of carbonyl (C=O) groups is 1. The van der Waals surface area contributed by atoms with Gasteiger partial charge in [0, 0.05) is 11.1 Å². The van der Waals surface area contributed by atoms with Gasteiger partial charge in [0.25, 0.3) is 0 Å². The summed E-state index contributed by atoms with van der Waals surface area (Å²) in [4.78, 5) is 14.1. The van der Waals surface area contributed by atoms with Gasteiger partial charge in [0.1, 0.15) is 0 Å². The number of hydrogen-bond acceptors (Lipinski definition) is 2. The summed E-state index contributed by atoms with van der Waals surface area (Å²) in [6.07, 6.45) is 0. The molecule has 0 radical (unpaired) electrons. The summed E-state index contributed by atoms with van der Waals surface area (Å²) in [5, 5.41) is 4.25. The van der Waals surface area contributed by atoms with Crippen molar-refractivity contribution in [3.8, 4) is 0 Å². The molecule has 0 aliphatic heterocycles. The average molecular weight is 372 g/mol. The Labute approximate surface area is 151 Å². The van der Waals surface area contributed by atoms with E-state index in [0.29, 0.717) is 20.8 Å². The third-order valence-electron chi connectivity index (χ3n) is 3.64. The summed E-state index contributed by atoms with van der Waals surface area (Å²) in [6, 6.07) is 12.7. The molecule has 122 valence electrons. The normalized spacial score (nSPS) is 12.3. The van der Waals surface area contributed by atoms with Gasteiger partial charge in [-0.25, -0.2) is 0 Å². The number of nitrogens with zero attached hydrogens (tertiary/aromatic N) is 1. The van der Waals surface area contributed by atoms with Gasteiger partial charge in [-0.15, -0.1) is 0 Å².